The third-order valence-corrected chi connectivity index (χ3v) is 3.77. The second-order valence-corrected chi connectivity index (χ2v) is 5.24. The van der Waals surface area contributed by atoms with Gasteiger partial charge in [0.1, 0.15) is 0 Å². The first-order valence-corrected chi connectivity index (χ1v) is 7.40. The van der Waals surface area contributed by atoms with Crippen molar-refractivity contribution in [2.24, 2.45) is 5.92 Å². The first-order valence-electron chi connectivity index (χ1n) is 7.40. The number of ether oxygens (including phenoxy) is 2. The minimum Gasteiger partial charge on any atom is -0.493 e. The fraction of sp³-hybridized carbons (Fsp3) is 0.562. The summed E-state index contributed by atoms with van der Waals surface area (Å²) in [6, 6.07) is 5.25. The van der Waals surface area contributed by atoms with E-state index >= 15 is 0 Å². The molecule has 5 nitrogen and oxygen atoms in total. The molecule has 21 heavy (non-hydrogen) atoms. The molecule has 2 rings (SSSR count). The molecular weight excluding hydrogens is 270 g/mol. The van der Waals surface area contributed by atoms with E-state index in [-0.39, 0.29) is 18.4 Å². The lowest BCUT2D eigenvalue weighted by Crippen LogP contribution is -2.40. The molecule has 1 fully saturated rings. The molecule has 0 saturated carbocycles. The van der Waals surface area contributed by atoms with Gasteiger partial charge in [-0.25, -0.2) is 0 Å². The van der Waals surface area contributed by atoms with E-state index in [0.717, 1.165) is 19.4 Å². The van der Waals surface area contributed by atoms with Crippen LogP contribution in [-0.2, 0) is 0 Å². The third kappa shape index (κ3) is 3.67. The summed E-state index contributed by atoms with van der Waals surface area (Å²) in [5, 5.41) is 9.26. The maximum absolute atomic E-state index is 12.5. The van der Waals surface area contributed by atoms with Crippen molar-refractivity contribution in [3.63, 3.8) is 0 Å². The van der Waals surface area contributed by atoms with Crippen LogP contribution in [0.1, 0.15) is 30.1 Å². The minimum atomic E-state index is -0.0190. The molecular formula is C16H23NO4. The molecule has 1 aromatic carbocycles. The average Bonchev–Trinajstić information content (AvgIpc) is 2.54. The molecule has 1 aliphatic heterocycles. The van der Waals surface area contributed by atoms with Crippen molar-refractivity contribution in [3.8, 4) is 11.5 Å². The van der Waals surface area contributed by atoms with Crippen LogP contribution in [0.15, 0.2) is 18.2 Å². The van der Waals surface area contributed by atoms with Gasteiger partial charge < -0.3 is 19.5 Å². The average molecular weight is 293 g/mol. The first-order chi connectivity index (χ1) is 10.2. The molecule has 0 aliphatic carbocycles. The Morgan fingerprint density at radius 1 is 1.43 bits per heavy atom. The molecule has 1 aromatic rings. The number of hydrogen-bond donors (Lipinski definition) is 1. The topological polar surface area (TPSA) is 59.0 Å². The molecule has 1 N–H and O–H groups in total. The minimum absolute atomic E-state index is 0.0190. The maximum Gasteiger partial charge on any atom is 0.254 e. The number of likely N-dealkylation sites (tertiary alicyclic amines) is 1. The van der Waals surface area contributed by atoms with Crippen LogP contribution in [0.2, 0.25) is 0 Å². The summed E-state index contributed by atoms with van der Waals surface area (Å²) >= 11 is 0. The van der Waals surface area contributed by atoms with Crippen LogP contribution in [0.5, 0.6) is 11.5 Å². The molecule has 5 heteroatoms. The molecule has 0 radical (unpaired) electrons. The standard InChI is InChI=1S/C16H23NO4/c1-3-21-14-7-6-13(9-15(14)20-2)16(19)17-8-4-5-12(10-17)11-18/h6-7,9,12,18H,3-5,8,10-11H2,1-2H3/t12-/m1/s1. The maximum atomic E-state index is 12.5. The normalized spacial score (nSPS) is 18.4. The number of amides is 1. The van der Waals surface area contributed by atoms with E-state index in [9.17, 15) is 9.90 Å². The van der Waals surface area contributed by atoms with Crippen molar-refractivity contribution >= 4 is 5.91 Å². The molecule has 0 spiro atoms. The number of methoxy groups -OCH3 is 1. The van der Waals surface area contributed by atoms with Crippen molar-refractivity contribution in [2.75, 3.05) is 33.4 Å². The van der Waals surface area contributed by atoms with Gasteiger partial charge in [0.05, 0.1) is 13.7 Å². The predicted octanol–water partition coefficient (Wildman–Crippen LogP) is 1.94. The summed E-state index contributed by atoms with van der Waals surface area (Å²) in [4.78, 5) is 14.4. The van der Waals surface area contributed by atoms with Gasteiger partial charge in [0, 0.05) is 25.3 Å². The van der Waals surface area contributed by atoms with E-state index < -0.39 is 0 Å². The van der Waals surface area contributed by atoms with Crippen molar-refractivity contribution in [2.45, 2.75) is 19.8 Å². The monoisotopic (exact) mass is 293 g/mol. The van der Waals surface area contributed by atoms with Gasteiger partial charge in [-0.1, -0.05) is 0 Å². The quantitative estimate of drug-likeness (QED) is 0.901. The Bertz CT molecular complexity index is 489. The van der Waals surface area contributed by atoms with Crippen molar-refractivity contribution in [3.05, 3.63) is 23.8 Å². The summed E-state index contributed by atoms with van der Waals surface area (Å²) in [6.45, 7) is 3.95. The van der Waals surface area contributed by atoms with Gasteiger partial charge in [-0.05, 0) is 43.9 Å². The number of carbonyl (C=O) groups excluding carboxylic acids is 1. The fourth-order valence-corrected chi connectivity index (χ4v) is 2.66. The molecule has 1 heterocycles. The molecule has 0 bridgehead atoms. The number of rotatable bonds is 5. The van der Waals surface area contributed by atoms with Crippen LogP contribution in [0.3, 0.4) is 0 Å². The molecule has 0 aromatic heterocycles. The molecule has 0 unspecified atom stereocenters. The summed E-state index contributed by atoms with van der Waals surface area (Å²) in [5.41, 5.74) is 0.592. The SMILES string of the molecule is CCOc1ccc(C(=O)N2CCC[C@@H](CO)C2)cc1OC. The zero-order valence-electron chi connectivity index (χ0n) is 12.7. The van der Waals surface area contributed by atoms with Gasteiger partial charge in [-0.2, -0.15) is 0 Å². The van der Waals surface area contributed by atoms with Gasteiger partial charge >= 0.3 is 0 Å². The lowest BCUT2D eigenvalue weighted by Gasteiger charge is -2.32. The second kappa shape index (κ2) is 7.31. The Kier molecular flexibility index (Phi) is 5.44. The van der Waals surface area contributed by atoms with Gasteiger partial charge in [0.25, 0.3) is 5.91 Å². The van der Waals surface area contributed by atoms with Crippen LogP contribution in [0.25, 0.3) is 0 Å². The number of aliphatic hydroxyl groups is 1. The predicted molar refractivity (Wildman–Crippen MR) is 79.9 cm³/mol. The highest BCUT2D eigenvalue weighted by atomic mass is 16.5. The molecule has 1 amide bonds. The second-order valence-electron chi connectivity index (χ2n) is 5.24. The highest BCUT2D eigenvalue weighted by molar-refractivity contribution is 5.95. The summed E-state index contributed by atoms with van der Waals surface area (Å²) < 4.78 is 10.7. The fourth-order valence-electron chi connectivity index (χ4n) is 2.66. The van der Waals surface area contributed by atoms with E-state index in [2.05, 4.69) is 0 Å². The van der Waals surface area contributed by atoms with Gasteiger partial charge in [-0.3, -0.25) is 4.79 Å². The zero-order valence-corrected chi connectivity index (χ0v) is 12.7. The lowest BCUT2D eigenvalue weighted by atomic mass is 9.98. The lowest BCUT2D eigenvalue weighted by molar-refractivity contribution is 0.0620. The van der Waals surface area contributed by atoms with E-state index in [1.54, 1.807) is 30.2 Å². The van der Waals surface area contributed by atoms with Crippen LogP contribution in [0.4, 0.5) is 0 Å². The Labute approximate surface area is 125 Å². The van der Waals surface area contributed by atoms with E-state index in [1.807, 2.05) is 6.92 Å². The number of piperidine rings is 1. The van der Waals surface area contributed by atoms with Crippen LogP contribution in [-0.4, -0.2) is 49.3 Å². The van der Waals surface area contributed by atoms with Gasteiger partial charge in [0.15, 0.2) is 11.5 Å². The number of carbonyl (C=O) groups is 1. The molecule has 1 saturated heterocycles. The number of hydrogen-bond acceptors (Lipinski definition) is 4. The van der Waals surface area contributed by atoms with Crippen LogP contribution in [0, 0.1) is 5.92 Å². The van der Waals surface area contributed by atoms with E-state index in [0.29, 0.717) is 30.2 Å². The highest BCUT2D eigenvalue weighted by Gasteiger charge is 2.24. The molecule has 116 valence electrons. The molecule has 1 atom stereocenters. The summed E-state index contributed by atoms with van der Waals surface area (Å²) in [6.07, 6.45) is 1.91. The third-order valence-electron chi connectivity index (χ3n) is 3.77. The number of nitrogens with zero attached hydrogens (tertiary/aromatic N) is 1. The smallest absolute Gasteiger partial charge is 0.254 e. The van der Waals surface area contributed by atoms with Crippen LogP contribution >= 0.6 is 0 Å². The Balaban J connectivity index is 2.15. The highest BCUT2D eigenvalue weighted by Crippen LogP contribution is 2.29. The Morgan fingerprint density at radius 3 is 2.90 bits per heavy atom. The summed E-state index contributed by atoms with van der Waals surface area (Å²) in [5.74, 6) is 1.38. The van der Waals surface area contributed by atoms with Crippen molar-refractivity contribution in [1.82, 2.24) is 4.90 Å². The largest absolute Gasteiger partial charge is 0.493 e. The Hall–Kier alpha value is -1.75. The van der Waals surface area contributed by atoms with Gasteiger partial charge in [-0.15, -0.1) is 0 Å². The van der Waals surface area contributed by atoms with Gasteiger partial charge in [0.2, 0.25) is 0 Å². The van der Waals surface area contributed by atoms with Crippen molar-refractivity contribution in [1.29, 1.82) is 0 Å². The number of aliphatic hydroxyl groups excluding tert-OH is 1. The van der Waals surface area contributed by atoms with Crippen molar-refractivity contribution < 1.29 is 19.4 Å². The number of benzene rings is 1. The summed E-state index contributed by atoms with van der Waals surface area (Å²) in [7, 11) is 1.56. The van der Waals surface area contributed by atoms with E-state index in [4.69, 9.17) is 9.47 Å². The molecule has 1 aliphatic rings. The van der Waals surface area contributed by atoms with E-state index in [1.165, 1.54) is 0 Å². The first kappa shape index (κ1) is 15.6. The zero-order chi connectivity index (χ0) is 15.2. The van der Waals surface area contributed by atoms with Crippen LogP contribution < -0.4 is 9.47 Å². The Morgan fingerprint density at radius 2 is 2.24 bits per heavy atom.